The van der Waals surface area contributed by atoms with Crippen LogP contribution in [-0.4, -0.2) is 18.8 Å². The van der Waals surface area contributed by atoms with E-state index in [2.05, 4.69) is 15.9 Å². The van der Waals surface area contributed by atoms with Gasteiger partial charge < -0.3 is 9.84 Å². The summed E-state index contributed by atoms with van der Waals surface area (Å²) in [6, 6.07) is 3.39. The molecule has 4 heteroatoms. The van der Waals surface area contributed by atoms with Crippen LogP contribution < -0.4 is 0 Å². The molecular weight excluding hydrogens is 251 g/mol. The molecule has 0 aliphatic carbocycles. The first kappa shape index (κ1) is 11.6. The lowest BCUT2D eigenvalue weighted by Crippen LogP contribution is -1.99. The average molecular weight is 263 g/mol. The van der Waals surface area contributed by atoms with Crippen molar-refractivity contribution in [3.8, 4) is 0 Å². The van der Waals surface area contributed by atoms with Crippen LogP contribution in [0.1, 0.15) is 11.1 Å². The lowest BCUT2D eigenvalue weighted by Gasteiger charge is -2.07. The van der Waals surface area contributed by atoms with Crippen LogP contribution in [-0.2, 0) is 17.8 Å². The van der Waals surface area contributed by atoms with Crippen molar-refractivity contribution >= 4 is 15.9 Å². The predicted molar refractivity (Wildman–Crippen MR) is 55.6 cm³/mol. The molecule has 0 atom stereocenters. The molecule has 0 heterocycles. The van der Waals surface area contributed by atoms with Gasteiger partial charge in [-0.25, -0.2) is 4.39 Å². The molecule has 0 saturated heterocycles. The van der Waals surface area contributed by atoms with E-state index in [4.69, 9.17) is 9.84 Å². The molecule has 14 heavy (non-hydrogen) atoms. The van der Waals surface area contributed by atoms with E-state index in [9.17, 15) is 4.39 Å². The number of rotatable bonds is 4. The zero-order chi connectivity index (χ0) is 10.6. The maximum Gasteiger partial charge on any atom is 0.140 e. The van der Waals surface area contributed by atoms with E-state index in [1.54, 1.807) is 19.2 Å². The molecule has 0 aliphatic heterocycles. The second-order valence-electron chi connectivity index (χ2n) is 2.96. The predicted octanol–water partition coefficient (Wildman–Crippen LogP) is 2.27. The van der Waals surface area contributed by atoms with Gasteiger partial charge >= 0.3 is 0 Å². The van der Waals surface area contributed by atoms with Crippen LogP contribution in [0.5, 0.6) is 0 Å². The first-order valence-corrected chi connectivity index (χ1v) is 5.05. The van der Waals surface area contributed by atoms with E-state index in [1.165, 1.54) is 0 Å². The van der Waals surface area contributed by atoms with E-state index in [0.29, 0.717) is 23.1 Å². The van der Waals surface area contributed by atoms with Gasteiger partial charge in [0.1, 0.15) is 5.82 Å². The smallest absolute Gasteiger partial charge is 0.140 e. The maximum atomic E-state index is 13.4. The second-order valence-corrected chi connectivity index (χ2v) is 3.81. The van der Waals surface area contributed by atoms with E-state index in [0.717, 1.165) is 5.56 Å². The number of halogens is 2. The van der Waals surface area contributed by atoms with E-state index < -0.39 is 0 Å². The Bertz CT molecular complexity index is 315. The first-order chi connectivity index (χ1) is 6.69. The lowest BCUT2D eigenvalue weighted by molar-refractivity contribution is 0.184. The molecule has 2 nitrogen and oxygen atoms in total. The van der Waals surface area contributed by atoms with Crippen molar-refractivity contribution in [2.24, 2.45) is 0 Å². The molecule has 0 radical (unpaired) electrons. The summed E-state index contributed by atoms with van der Waals surface area (Å²) < 4.78 is 18.8. The maximum absolute atomic E-state index is 13.4. The van der Waals surface area contributed by atoms with Crippen LogP contribution in [0.25, 0.3) is 0 Å². The highest BCUT2D eigenvalue weighted by Crippen LogP contribution is 2.22. The standard InChI is InChI=1S/C10H12BrFO2/c1-14-6-7-4-8(2-3-13)10(12)9(11)5-7/h4-5,13H,2-3,6H2,1H3. The van der Waals surface area contributed by atoms with Crippen molar-refractivity contribution in [2.75, 3.05) is 13.7 Å². The summed E-state index contributed by atoms with van der Waals surface area (Å²) in [5.74, 6) is -0.307. The molecule has 1 N–H and O–H groups in total. The van der Waals surface area contributed by atoms with Gasteiger partial charge in [0.15, 0.2) is 0 Å². The highest BCUT2D eigenvalue weighted by Gasteiger charge is 2.08. The Balaban J connectivity index is 3.01. The molecule has 0 amide bonds. The third-order valence-electron chi connectivity index (χ3n) is 1.86. The van der Waals surface area contributed by atoms with Crippen LogP contribution in [0, 0.1) is 5.82 Å². The first-order valence-electron chi connectivity index (χ1n) is 4.25. The number of aliphatic hydroxyl groups is 1. The summed E-state index contributed by atoms with van der Waals surface area (Å²) in [5.41, 5.74) is 1.40. The van der Waals surface area contributed by atoms with Crippen LogP contribution in [0.2, 0.25) is 0 Å². The normalized spacial score (nSPS) is 10.6. The fraction of sp³-hybridized carbons (Fsp3) is 0.400. The fourth-order valence-corrected chi connectivity index (χ4v) is 1.81. The van der Waals surface area contributed by atoms with Crippen molar-refractivity contribution in [2.45, 2.75) is 13.0 Å². The summed E-state index contributed by atoms with van der Waals surface area (Å²) in [6.45, 7) is 0.386. The number of hydrogen-bond donors (Lipinski definition) is 1. The monoisotopic (exact) mass is 262 g/mol. The summed E-state index contributed by atoms with van der Waals surface area (Å²) in [6.07, 6.45) is 0.321. The van der Waals surface area contributed by atoms with Crippen LogP contribution in [0.3, 0.4) is 0 Å². The van der Waals surface area contributed by atoms with Gasteiger partial charge in [0, 0.05) is 13.7 Å². The Morgan fingerprint density at radius 1 is 1.50 bits per heavy atom. The van der Waals surface area contributed by atoms with Gasteiger partial charge in [-0.1, -0.05) is 6.07 Å². The summed E-state index contributed by atoms with van der Waals surface area (Å²) >= 11 is 3.12. The minimum atomic E-state index is -0.307. The van der Waals surface area contributed by atoms with E-state index in [1.807, 2.05) is 0 Å². The Kier molecular flexibility index (Phi) is 4.51. The minimum Gasteiger partial charge on any atom is -0.396 e. The summed E-state index contributed by atoms with van der Waals surface area (Å²) in [4.78, 5) is 0. The molecule has 1 aromatic carbocycles. The number of methoxy groups -OCH3 is 1. The van der Waals surface area contributed by atoms with Crippen molar-refractivity contribution in [1.82, 2.24) is 0 Å². The highest BCUT2D eigenvalue weighted by atomic mass is 79.9. The zero-order valence-corrected chi connectivity index (χ0v) is 9.47. The molecular formula is C10H12BrFO2. The second kappa shape index (κ2) is 5.44. The topological polar surface area (TPSA) is 29.5 Å². The third kappa shape index (κ3) is 2.77. The van der Waals surface area contributed by atoms with Crippen LogP contribution >= 0.6 is 15.9 Å². The van der Waals surface area contributed by atoms with E-state index >= 15 is 0 Å². The van der Waals surface area contributed by atoms with Gasteiger partial charge in [0.2, 0.25) is 0 Å². The van der Waals surface area contributed by atoms with Gasteiger partial charge in [-0.2, -0.15) is 0 Å². The minimum absolute atomic E-state index is 0.0558. The summed E-state index contributed by atoms with van der Waals surface area (Å²) in [7, 11) is 1.59. The lowest BCUT2D eigenvalue weighted by atomic mass is 10.1. The number of aliphatic hydroxyl groups excluding tert-OH is 1. The Hall–Kier alpha value is -0.450. The number of ether oxygens (including phenoxy) is 1. The van der Waals surface area contributed by atoms with Gasteiger partial charge in [-0.3, -0.25) is 0 Å². The SMILES string of the molecule is COCc1cc(Br)c(F)c(CCO)c1. The van der Waals surface area contributed by atoms with Crippen LogP contribution in [0.4, 0.5) is 4.39 Å². The average Bonchev–Trinajstić information content (AvgIpc) is 2.14. The molecule has 1 rings (SSSR count). The van der Waals surface area contributed by atoms with Gasteiger partial charge in [0.25, 0.3) is 0 Å². The van der Waals surface area contributed by atoms with Crippen molar-refractivity contribution in [3.63, 3.8) is 0 Å². The molecule has 0 spiro atoms. The van der Waals surface area contributed by atoms with E-state index in [-0.39, 0.29) is 12.4 Å². The molecule has 78 valence electrons. The number of hydrogen-bond acceptors (Lipinski definition) is 2. The van der Waals surface area contributed by atoms with Crippen molar-refractivity contribution in [3.05, 3.63) is 33.5 Å². The van der Waals surface area contributed by atoms with Gasteiger partial charge in [-0.15, -0.1) is 0 Å². The molecule has 0 fully saturated rings. The molecule has 0 aliphatic rings. The molecule has 0 aromatic heterocycles. The number of benzene rings is 1. The molecule has 0 saturated carbocycles. The highest BCUT2D eigenvalue weighted by molar-refractivity contribution is 9.10. The summed E-state index contributed by atoms with van der Waals surface area (Å²) in [5, 5.41) is 8.74. The molecule has 1 aromatic rings. The quantitative estimate of drug-likeness (QED) is 0.902. The Morgan fingerprint density at radius 2 is 2.21 bits per heavy atom. The Morgan fingerprint density at radius 3 is 2.79 bits per heavy atom. The van der Waals surface area contributed by atoms with Gasteiger partial charge in [-0.05, 0) is 39.5 Å². The zero-order valence-electron chi connectivity index (χ0n) is 7.89. The third-order valence-corrected chi connectivity index (χ3v) is 2.43. The van der Waals surface area contributed by atoms with Crippen molar-refractivity contribution in [1.29, 1.82) is 0 Å². The van der Waals surface area contributed by atoms with Gasteiger partial charge in [0.05, 0.1) is 11.1 Å². The van der Waals surface area contributed by atoms with Crippen LogP contribution in [0.15, 0.2) is 16.6 Å². The molecule has 0 unspecified atom stereocenters. The molecule has 0 bridgehead atoms. The fourth-order valence-electron chi connectivity index (χ4n) is 1.26. The Labute approximate surface area is 90.8 Å². The largest absolute Gasteiger partial charge is 0.396 e. The van der Waals surface area contributed by atoms with Crippen molar-refractivity contribution < 1.29 is 14.2 Å².